The van der Waals surface area contributed by atoms with Gasteiger partial charge in [0.15, 0.2) is 6.10 Å². The van der Waals surface area contributed by atoms with Crippen LogP contribution in [0.4, 0.5) is 0 Å². The van der Waals surface area contributed by atoms with E-state index in [0.29, 0.717) is 0 Å². The van der Waals surface area contributed by atoms with Gasteiger partial charge in [-0.3, -0.25) is 4.79 Å². The smallest absolute Gasteiger partial charge is 0.279 e. The van der Waals surface area contributed by atoms with Crippen LogP contribution in [-0.2, 0) is 9.53 Å². The average molecular weight is 272 g/mol. The van der Waals surface area contributed by atoms with Crippen molar-refractivity contribution in [1.82, 2.24) is 5.32 Å². The lowest BCUT2D eigenvalue weighted by Gasteiger charge is -2.45. The number of hydrogen-bond donors (Lipinski definition) is 6. The Balaban J connectivity index is 2.86. The average Bonchev–Trinajstić information content (AvgIpc) is 2.31. The molecule has 1 heterocycles. The number of carbonyl (C=O) groups is 1. The molecule has 0 aromatic heterocycles. The zero-order valence-corrected chi connectivity index (χ0v) is 9.41. The van der Waals surface area contributed by atoms with Crippen LogP contribution in [0.3, 0.4) is 0 Å². The quantitative estimate of drug-likeness (QED) is 0.231. The second-order valence-corrected chi connectivity index (χ2v) is 3.91. The molecule has 1 saturated heterocycles. The topological polar surface area (TPSA) is 139 Å². The summed E-state index contributed by atoms with van der Waals surface area (Å²) in [7, 11) is 0. The molecule has 0 aromatic carbocycles. The number of rotatable bonds is 3. The number of aliphatic hydroxyl groups is 5. The maximum atomic E-state index is 11.0. The molecule has 1 fully saturated rings. The van der Waals surface area contributed by atoms with E-state index in [4.69, 9.17) is 21.4 Å². The number of amides is 1. The molecule has 0 bridgehead atoms. The Morgan fingerprint density at radius 3 is 2.41 bits per heavy atom. The van der Waals surface area contributed by atoms with Gasteiger partial charge in [0.2, 0.25) is 5.91 Å². The van der Waals surface area contributed by atoms with Gasteiger partial charge < -0.3 is 35.6 Å². The molecule has 1 aliphatic rings. The summed E-state index contributed by atoms with van der Waals surface area (Å²) in [4.78, 5) is 11.0. The fourth-order valence-electron chi connectivity index (χ4n) is 1.49. The number of nitrogens with one attached hydrogen (secondary N) is 1. The molecule has 0 saturated carbocycles. The minimum absolute atomic E-state index is 0.499. The first-order valence-corrected chi connectivity index (χ1v) is 5.31. The number of carbonyl (C=O) groups excluding carboxylic acids is 1. The Bertz CT molecular complexity index is 289. The second-order valence-electron chi connectivity index (χ2n) is 3.64. The third kappa shape index (κ3) is 2.86. The first-order valence-electron chi connectivity index (χ1n) is 4.78. The Morgan fingerprint density at radius 2 is 1.94 bits per heavy atom. The summed E-state index contributed by atoms with van der Waals surface area (Å²) in [6.45, 7) is -0.718. The zero-order valence-electron chi connectivity index (χ0n) is 8.65. The predicted octanol–water partition coefficient (Wildman–Crippen LogP) is -3.54. The summed E-state index contributed by atoms with van der Waals surface area (Å²) < 4.78 is 4.75. The van der Waals surface area contributed by atoms with Gasteiger partial charge in [-0.25, -0.2) is 0 Å². The standard InChI is InChI=1S/C8H14ClNO7/c9-1-4(12)10-8(16)7(15)6(14)5(13)3(2-11)17-8/h3,5-7,11,13-16H,1-2H2,(H,10,12). The van der Waals surface area contributed by atoms with Gasteiger partial charge in [-0.1, -0.05) is 0 Å². The van der Waals surface area contributed by atoms with Crippen molar-refractivity contribution in [2.24, 2.45) is 0 Å². The summed E-state index contributed by atoms with van der Waals surface area (Å²) in [5.74, 6) is -3.97. The maximum absolute atomic E-state index is 11.0. The van der Waals surface area contributed by atoms with E-state index in [2.05, 4.69) is 0 Å². The van der Waals surface area contributed by atoms with Crippen LogP contribution in [0.1, 0.15) is 0 Å². The molecular weight excluding hydrogens is 258 g/mol. The van der Waals surface area contributed by atoms with Crippen molar-refractivity contribution in [1.29, 1.82) is 0 Å². The lowest BCUT2D eigenvalue weighted by Crippen LogP contribution is -2.71. The van der Waals surface area contributed by atoms with Crippen LogP contribution in [0.2, 0.25) is 0 Å². The Hall–Kier alpha value is -0.480. The van der Waals surface area contributed by atoms with Crippen molar-refractivity contribution in [3.8, 4) is 0 Å². The molecular formula is C8H14ClNO7. The molecule has 9 heteroatoms. The van der Waals surface area contributed by atoms with Crippen molar-refractivity contribution in [2.75, 3.05) is 12.5 Å². The van der Waals surface area contributed by atoms with E-state index in [1.54, 1.807) is 0 Å². The molecule has 5 unspecified atom stereocenters. The lowest BCUT2D eigenvalue weighted by molar-refractivity contribution is -0.358. The van der Waals surface area contributed by atoms with E-state index in [-0.39, 0.29) is 0 Å². The third-order valence-electron chi connectivity index (χ3n) is 2.41. The van der Waals surface area contributed by atoms with Gasteiger partial charge >= 0.3 is 0 Å². The van der Waals surface area contributed by atoms with Crippen LogP contribution >= 0.6 is 11.6 Å². The van der Waals surface area contributed by atoms with Gasteiger partial charge in [0.05, 0.1) is 6.61 Å². The summed E-state index contributed by atoms with van der Waals surface area (Å²) in [5.41, 5.74) is 0. The molecule has 1 rings (SSSR count). The lowest BCUT2D eigenvalue weighted by atomic mass is 9.96. The highest BCUT2D eigenvalue weighted by Gasteiger charge is 2.53. The molecule has 100 valence electrons. The summed E-state index contributed by atoms with van der Waals surface area (Å²) in [6, 6.07) is 0. The Kier molecular flexibility index (Phi) is 4.67. The first kappa shape index (κ1) is 14.6. The van der Waals surface area contributed by atoms with Gasteiger partial charge in [0.25, 0.3) is 5.91 Å². The Morgan fingerprint density at radius 1 is 1.35 bits per heavy atom. The van der Waals surface area contributed by atoms with Crippen LogP contribution in [0, 0.1) is 0 Å². The molecule has 0 aliphatic carbocycles. The van der Waals surface area contributed by atoms with Crippen LogP contribution in [0.25, 0.3) is 0 Å². The fourth-order valence-corrected chi connectivity index (χ4v) is 1.56. The fraction of sp³-hybridized carbons (Fsp3) is 0.875. The maximum Gasteiger partial charge on any atom is 0.279 e. The van der Waals surface area contributed by atoms with Crippen molar-refractivity contribution >= 4 is 17.5 Å². The van der Waals surface area contributed by atoms with Gasteiger partial charge in [-0.2, -0.15) is 0 Å². The van der Waals surface area contributed by atoms with Crippen LogP contribution in [0.15, 0.2) is 0 Å². The van der Waals surface area contributed by atoms with E-state index >= 15 is 0 Å². The minimum Gasteiger partial charge on any atom is -0.394 e. The number of aliphatic hydroxyl groups excluding tert-OH is 4. The van der Waals surface area contributed by atoms with Crippen LogP contribution in [0.5, 0.6) is 0 Å². The summed E-state index contributed by atoms with van der Waals surface area (Å²) >= 11 is 5.19. The zero-order chi connectivity index (χ0) is 13.2. The third-order valence-corrected chi connectivity index (χ3v) is 2.65. The van der Waals surface area contributed by atoms with E-state index in [1.165, 1.54) is 0 Å². The van der Waals surface area contributed by atoms with E-state index in [1.807, 2.05) is 5.32 Å². The monoisotopic (exact) mass is 271 g/mol. The van der Waals surface area contributed by atoms with E-state index in [0.717, 1.165) is 0 Å². The summed E-state index contributed by atoms with van der Waals surface area (Å²) in [6.07, 6.45) is -6.72. The molecule has 0 aromatic rings. The van der Waals surface area contributed by atoms with Gasteiger partial charge in [0, 0.05) is 0 Å². The molecule has 1 aliphatic heterocycles. The van der Waals surface area contributed by atoms with Gasteiger partial charge in [0.1, 0.15) is 24.2 Å². The number of hydrogen-bond acceptors (Lipinski definition) is 7. The number of ether oxygens (including phenoxy) is 1. The van der Waals surface area contributed by atoms with Crippen LogP contribution in [-0.4, -0.2) is 74.3 Å². The molecule has 17 heavy (non-hydrogen) atoms. The van der Waals surface area contributed by atoms with Gasteiger partial charge in [-0.15, -0.1) is 11.6 Å². The minimum atomic E-state index is -2.61. The molecule has 0 spiro atoms. The van der Waals surface area contributed by atoms with E-state index < -0.39 is 48.7 Å². The SMILES string of the molecule is O=C(CCl)NC1(O)OC(CO)C(O)C(O)C1O. The number of alkyl halides is 1. The molecule has 1 amide bonds. The largest absolute Gasteiger partial charge is 0.394 e. The molecule has 5 atom stereocenters. The highest BCUT2D eigenvalue weighted by Crippen LogP contribution is 2.26. The predicted molar refractivity (Wildman–Crippen MR) is 53.8 cm³/mol. The molecule has 0 radical (unpaired) electrons. The Labute approximate surface area is 101 Å². The van der Waals surface area contributed by atoms with Crippen LogP contribution < -0.4 is 5.32 Å². The van der Waals surface area contributed by atoms with Gasteiger partial charge in [-0.05, 0) is 0 Å². The normalized spacial score (nSPS) is 42.2. The van der Waals surface area contributed by atoms with Crippen molar-refractivity contribution in [3.05, 3.63) is 0 Å². The van der Waals surface area contributed by atoms with Crippen molar-refractivity contribution < 1.29 is 35.1 Å². The van der Waals surface area contributed by atoms with Crippen molar-refractivity contribution in [2.45, 2.75) is 30.3 Å². The second kappa shape index (κ2) is 5.44. The summed E-state index contributed by atoms with van der Waals surface area (Å²) in [5, 5.41) is 48.8. The van der Waals surface area contributed by atoms with E-state index in [9.17, 15) is 25.2 Å². The first-order chi connectivity index (χ1) is 7.85. The molecule has 8 nitrogen and oxygen atoms in total. The highest BCUT2D eigenvalue weighted by molar-refractivity contribution is 6.27. The van der Waals surface area contributed by atoms with Crippen molar-refractivity contribution in [3.63, 3.8) is 0 Å². The number of halogens is 1. The highest BCUT2D eigenvalue weighted by atomic mass is 35.5. The molecule has 6 N–H and O–H groups in total.